The van der Waals surface area contributed by atoms with E-state index in [2.05, 4.69) is 0 Å². The summed E-state index contributed by atoms with van der Waals surface area (Å²) < 4.78 is 339. The fourth-order valence-electron chi connectivity index (χ4n) is 3.78. The van der Waals surface area contributed by atoms with Crippen molar-refractivity contribution in [1.29, 1.82) is 0 Å². The third kappa shape index (κ3) is 5.07. The minimum Gasteiger partial charge on any atom is -0.205 e. The van der Waals surface area contributed by atoms with Gasteiger partial charge in [0.25, 0.3) is 5.55 Å². The van der Waals surface area contributed by atoms with Gasteiger partial charge in [-0.05, 0) is 11.1 Å². The van der Waals surface area contributed by atoms with E-state index >= 15 is 0 Å². The van der Waals surface area contributed by atoms with E-state index in [0.717, 1.165) is 0 Å². The van der Waals surface area contributed by atoms with E-state index in [4.69, 9.17) is 0 Å². The first-order valence-electron chi connectivity index (χ1n) is 10.7. The van der Waals surface area contributed by atoms with Crippen molar-refractivity contribution in [3.8, 4) is 0 Å². The first-order chi connectivity index (χ1) is 18.5. The molecule has 0 saturated carbocycles. The van der Waals surface area contributed by atoms with E-state index in [1.165, 1.54) is 0 Å². The van der Waals surface area contributed by atoms with Crippen LogP contribution in [0.1, 0.15) is 27.7 Å². The predicted octanol–water partition coefficient (Wildman–Crippen LogP) is 10.1. The second-order valence-electron chi connectivity index (χ2n) is 9.88. The van der Waals surface area contributed by atoms with Gasteiger partial charge in [-0.3, -0.25) is 0 Å². The number of hydrogen-bond acceptors (Lipinski definition) is 0. The lowest BCUT2D eigenvalue weighted by atomic mass is 9.85. The lowest BCUT2D eigenvalue weighted by Crippen LogP contribution is -2.78. The molecule has 0 amide bonds. The molecule has 0 atom stereocenters. The van der Waals surface area contributed by atoms with Gasteiger partial charge in [0.15, 0.2) is 0 Å². The van der Waals surface area contributed by atoms with Gasteiger partial charge >= 0.3 is 65.4 Å². The third-order valence-corrected chi connectivity index (χ3v) is 10.3. The second-order valence-corrected chi connectivity index (χ2v) is 14.3. The molecule has 0 heterocycles. The zero-order valence-electron chi connectivity index (χ0n) is 21.2. The van der Waals surface area contributed by atoms with Crippen molar-refractivity contribution in [3.63, 3.8) is 0 Å². The molecule has 0 aromatic carbocycles. The second kappa shape index (κ2) is 10.8. The van der Waals surface area contributed by atoms with Crippen LogP contribution in [-0.2, 0) is 0 Å². The van der Waals surface area contributed by atoms with Crippen molar-refractivity contribution < 1.29 is 110 Å². The zero-order chi connectivity index (χ0) is 36.7. The fraction of sp³-hybridized carbons (Fsp3) is 1.00. The molecule has 0 nitrogen and oxygen atoms in total. The van der Waals surface area contributed by atoms with Crippen LogP contribution in [0, 0.1) is 0 Å². The lowest BCUT2D eigenvalue weighted by molar-refractivity contribution is -0.480. The molecule has 266 valence electrons. The highest BCUT2D eigenvalue weighted by Gasteiger charge is 2.99. The Hall–Kier alpha value is -1.53. The van der Waals surface area contributed by atoms with Crippen molar-refractivity contribution in [2.45, 2.75) is 110 Å². The lowest BCUT2D eigenvalue weighted by Gasteiger charge is -2.46. The van der Waals surface area contributed by atoms with Crippen molar-refractivity contribution in [1.82, 2.24) is 0 Å². The predicted molar refractivity (Wildman–Crippen MR) is 97.8 cm³/mol. The number of rotatable bonds is 13. The summed E-state index contributed by atoms with van der Waals surface area (Å²) in [5.74, 6) is -91.0. The first kappa shape index (κ1) is 42.5. The Morgan fingerprint density at radius 3 is 0.591 bits per heavy atom. The average molecular weight is 734 g/mol. The van der Waals surface area contributed by atoms with Crippen LogP contribution in [0.5, 0.6) is 0 Å². The van der Waals surface area contributed by atoms with Gasteiger partial charge in [-0.2, -0.15) is 101 Å². The largest absolute Gasteiger partial charge is 0.460 e. The van der Waals surface area contributed by atoms with Gasteiger partial charge in [-0.25, -0.2) is 8.78 Å². The van der Waals surface area contributed by atoms with Crippen LogP contribution in [0.4, 0.5) is 110 Å². The summed E-state index contributed by atoms with van der Waals surface area (Å²) in [6, 6.07) is 0. The van der Waals surface area contributed by atoms with Gasteiger partial charge in [0.1, 0.15) is 8.80 Å². The van der Waals surface area contributed by atoms with Gasteiger partial charge in [0.2, 0.25) is 0 Å². The summed E-state index contributed by atoms with van der Waals surface area (Å²) in [4.78, 5) is 0. The van der Waals surface area contributed by atoms with E-state index in [0.29, 0.717) is 27.7 Å². The van der Waals surface area contributed by atoms with Crippen LogP contribution in [0.15, 0.2) is 0 Å². The standard InChI is InChI=1S/C18H15F25Si/c1-5(2)44(6(3)4)18(42,43)16(37,38)14(33,34)12(29,30)10(25,26)8(21,22)7(19,20)9(23,24)11(27,28)13(31,32)15(35,36)17(39,40)41/h5-6,44H,1-4H3. The van der Waals surface area contributed by atoms with Crippen LogP contribution in [0.3, 0.4) is 0 Å². The smallest absolute Gasteiger partial charge is 0.205 e. The Labute approximate surface area is 229 Å². The minimum atomic E-state index is -9.57. The average Bonchev–Trinajstić information content (AvgIpc) is 2.75. The minimum absolute atomic E-state index is 0.556. The van der Waals surface area contributed by atoms with Crippen LogP contribution >= 0.6 is 0 Å². The zero-order valence-corrected chi connectivity index (χ0v) is 22.3. The van der Waals surface area contributed by atoms with Crippen molar-refractivity contribution in [2.24, 2.45) is 0 Å². The number of halogens is 25. The van der Waals surface area contributed by atoms with E-state index in [-0.39, 0.29) is 0 Å². The summed E-state index contributed by atoms with van der Waals surface area (Å²) in [6.45, 7) is 2.23. The highest BCUT2D eigenvalue weighted by atomic mass is 28.3. The molecule has 0 N–H and O–H groups in total. The van der Waals surface area contributed by atoms with Crippen molar-refractivity contribution >= 4 is 8.80 Å². The monoisotopic (exact) mass is 734 g/mol. The Bertz CT molecular complexity index is 1010. The molecule has 0 saturated heterocycles. The normalized spacial score (nSPS) is 16.9. The Kier molecular flexibility index (Phi) is 10.4. The Morgan fingerprint density at radius 1 is 0.273 bits per heavy atom. The number of alkyl halides is 25. The highest BCUT2D eigenvalue weighted by molar-refractivity contribution is 6.64. The molecule has 26 heteroatoms. The molecular weight excluding hydrogens is 719 g/mol. The van der Waals surface area contributed by atoms with Gasteiger partial charge in [-0.1, -0.05) is 27.7 Å². The molecule has 0 aliphatic heterocycles. The van der Waals surface area contributed by atoms with Crippen LogP contribution in [-0.4, -0.2) is 79.7 Å². The maximum absolute atomic E-state index is 14.4. The molecule has 0 aliphatic rings. The topological polar surface area (TPSA) is 0 Å². The molecule has 0 spiro atoms. The molecule has 0 fully saturated rings. The molecule has 0 aliphatic carbocycles. The molecule has 0 aromatic rings. The highest BCUT2D eigenvalue weighted by Crippen LogP contribution is 2.68. The summed E-state index contributed by atoms with van der Waals surface area (Å²) in [7, 11) is -5.06. The maximum atomic E-state index is 14.4. The maximum Gasteiger partial charge on any atom is 0.460 e. The molecule has 0 radical (unpaired) electrons. The van der Waals surface area contributed by atoms with Gasteiger partial charge < -0.3 is 0 Å². The molecular formula is C18H15F25Si. The van der Waals surface area contributed by atoms with E-state index in [9.17, 15) is 110 Å². The summed E-state index contributed by atoms with van der Waals surface area (Å²) in [6.07, 6.45) is -8.16. The van der Waals surface area contributed by atoms with E-state index in [1.807, 2.05) is 0 Å². The molecule has 0 unspecified atom stereocenters. The van der Waals surface area contributed by atoms with Gasteiger partial charge in [0.05, 0.1) is 0 Å². The van der Waals surface area contributed by atoms with Gasteiger partial charge in [-0.15, -0.1) is 0 Å². The fourth-order valence-corrected chi connectivity index (χ4v) is 7.60. The van der Waals surface area contributed by atoms with Gasteiger partial charge in [0, 0.05) is 0 Å². The van der Waals surface area contributed by atoms with E-state index in [1.54, 1.807) is 0 Å². The van der Waals surface area contributed by atoms with Crippen molar-refractivity contribution in [3.05, 3.63) is 0 Å². The number of hydrogen-bond donors (Lipinski definition) is 0. The summed E-state index contributed by atoms with van der Waals surface area (Å²) in [5, 5.41) is 0. The van der Waals surface area contributed by atoms with Crippen LogP contribution in [0.25, 0.3) is 0 Å². The first-order valence-corrected chi connectivity index (χ1v) is 12.6. The van der Waals surface area contributed by atoms with Crippen molar-refractivity contribution in [2.75, 3.05) is 0 Å². The SMILES string of the molecule is CC(C)[SiH](C(C)C)C(F)(F)C(F)(F)C(F)(F)C(F)(F)C(F)(F)C(F)(F)C(F)(F)C(F)(F)C(F)(F)C(F)(F)C(F)(F)C(F)(F)F. The third-order valence-electron chi connectivity index (χ3n) is 6.18. The van der Waals surface area contributed by atoms with Crippen LogP contribution in [0.2, 0.25) is 11.1 Å². The molecule has 44 heavy (non-hydrogen) atoms. The summed E-state index contributed by atoms with van der Waals surface area (Å²) in [5.41, 5.74) is -10.3. The molecule has 0 bridgehead atoms. The molecule has 0 rings (SSSR count). The summed E-state index contributed by atoms with van der Waals surface area (Å²) >= 11 is 0. The quantitative estimate of drug-likeness (QED) is 0.131. The van der Waals surface area contributed by atoms with Crippen LogP contribution < -0.4 is 0 Å². The molecule has 0 aromatic heterocycles. The Balaban J connectivity index is 7.47. The van der Waals surface area contributed by atoms with E-state index < -0.39 is 90.8 Å². The Morgan fingerprint density at radius 2 is 0.432 bits per heavy atom.